The van der Waals surface area contributed by atoms with Gasteiger partial charge in [0.15, 0.2) is 0 Å². The maximum atomic E-state index is 11.5. The summed E-state index contributed by atoms with van der Waals surface area (Å²) in [6.07, 6.45) is 2.84. The Kier molecular flexibility index (Phi) is 2.06. The molecule has 1 N–H and O–H groups in total. The SMILES string of the molecule is CC1(C)CC1NC(=O)C1CCCO1. The standard InChI is InChI=1S/C10H17NO2/c1-10(2)6-8(10)11-9(12)7-4-3-5-13-7/h7-8H,3-6H2,1-2H3,(H,11,12). The zero-order chi connectivity index (χ0) is 9.47. The molecule has 2 fully saturated rings. The third-order valence-corrected chi connectivity index (χ3v) is 3.05. The minimum atomic E-state index is -0.170. The molecule has 0 aromatic rings. The van der Waals surface area contributed by atoms with Crippen molar-refractivity contribution in [1.82, 2.24) is 5.32 Å². The van der Waals surface area contributed by atoms with Crippen molar-refractivity contribution in [2.75, 3.05) is 6.61 Å². The molecule has 2 aliphatic rings. The van der Waals surface area contributed by atoms with E-state index in [1.807, 2.05) is 0 Å². The van der Waals surface area contributed by atoms with E-state index >= 15 is 0 Å². The lowest BCUT2D eigenvalue weighted by molar-refractivity contribution is -0.130. The van der Waals surface area contributed by atoms with E-state index in [1.54, 1.807) is 0 Å². The summed E-state index contributed by atoms with van der Waals surface area (Å²) < 4.78 is 5.30. The van der Waals surface area contributed by atoms with E-state index in [1.165, 1.54) is 0 Å². The Labute approximate surface area is 78.8 Å². The van der Waals surface area contributed by atoms with Crippen LogP contribution in [-0.4, -0.2) is 24.7 Å². The summed E-state index contributed by atoms with van der Waals surface area (Å²) in [5, 5.41) is 3.02. The van der Waals surface area contributed by atoms with Gasteiger partial charge in [0.25, 0.3) is 0 Å². The average Bonchev–Trinajstić information content (AvgIpc) is 2.58. The molecule has 1 aliphatic heterocycles. The predicted octanol–water partition coefficient (Wildman–Crippen LogP) is 1.08. The number of nitrogens with one attached hydrogen (secondary N) is 1. The van der Waals surface area contributed by atoms with Crippen LogP contribution in [0.1, 0.15) is 33.1 Å². The second-order valence-electron chi connectivity index (χ2n) is 4.76. The molecule has 1 aliphatic carbocycles. The van der Waals surface area contributed by atoms with Gasteiger partial charge in [-0.15, -0.1) is 0 Å². The van der Waals surface area contributed by atoms with Gasteiger partial charge < -0.3 is 10.1 Å². The highest BCUT2D eigenvalue weighted by molar-refractivity contribution is 5.81. The summed E-state index contributed by atoms with van der Waals surface area (Å²) in [4.78, 5) is 11.5. The molecule has 0 radical (unpaired) electrons. The van der Waals surface area contributed by atoms with Crippen LogP contribution in [0.15, 0.2) is 0 Å². The van der Waals surface area contributed by atoms with E-state index in [4.69, 9.17) is 4.74 Å². The van der Waals surface area contributed by atoms with Crippen LogP contribution in [-0.2, 0) is 9.53 Å². The molecule has 1 heterocycles. The zero-order valence-corrected chi connectivity index (χ0v) is 8.30. The highest BCUT2D eigenvalue weighted by Crippen LogP contribution is 2.44. The molecule has 0 bridgehead atoms. The van der Waals surface area contributed by atoms with Crippen LogP contribution < -0.4 is 5.32 Å². The first-order chi connectivity index (χ1) is 6.09. The van der Waals surface area contributed by atoms with Crippen LogP contribution in [0.2, 0.25) is 0 Å². The number of rotatable bonds is 2. The fourth-order valence-electron chi connectivity index (χ4n) is 1.76. The first-order valence-electron chi connectivity index (χ1n) is 5.01. The summed E-state index contributed by atoms with van der Waals surface area (Å²) in [5.41, 5.74) is 0.314. The van der Waals surface area contributed by atoms with Crippen molar-refractivity contribution >= 4 is 5.91 Å². The van der Waals surface area contributed by atoms with Gasteiger partial charge in [0.1, 0.15) is 6.10 Å². The second kappa shape index (κ2) is 2.98. The van der Waals surface area contributed by atoms with Gasteiger partial charge in [0.2, 0.25) is 5.91 Å². The topological polar surface area (TPSA) is 38.3 Å². The number of carbonyl (C=O) groups excluding carboxylic acids is 1. The monoisotopic (exact) mass is 183 g/mol. The predicted molar refractivity (Wildman–Crippen MR) is 49.3 cm³/mol. The highest BCUT2D eigenvalue weighted by Gasteiger charge is 2.47. The maximum Gasteiger partial charge on any atom is 0.249 e. The number of hydrogen-bond acceptors (Lipinski definition) is 2. The van der Waals surface area contributed by atoms with E-state index in [0.717, 1.165) is 25.9 Å². The largest absolute Gasteiger partial charge is 0.368 e. The molecule has 2 unspecified atom stereocenters. The molecule has 0 aromatic heterocycles. The van der Waals surface area contributed by atoms with Crippen molar-refractivity contribution in [1.29, 1.82) is 0 Å². The Morgan fingerprint density at radius 3 is 2.69 bits per heavy atom. The van der Waals surface area contributed by atoms with Crippen LogP contribution in [0.3, 0.4) is 0 Å². The molecule has 3 heteroatoms. The Morgan fingerprint density at radius 2 is 2.23 bits per heavy atom. The summed E-state index contributed by atoms with van der Waals surface area (Å²) >= 11 is 0. The summed E-state index contributed by atoms with van der Waals surface area (Å²) in [6, 6.07) is 0.379. The van der Waals surface area contributed by atoms with Gasteiger partial charge in [-0.3, -0.25) is 4.79 Å². The fourth-order valence-corrected chi connectivity index (χ4v) is 1.76. The minimum Gasteiger partial charge on any atom is -0.368 e. The molecule has 3 nitrogen and oxygen atoms in total. The molecule has 2 rings (SSSR count). The summed E-state index contributed by atoms with van der Waals surface area (Å²) in [5.74, 6) is 0.0908. The van der Waals surface area contributed by atoms with E-state index in [2.05, 4.69) is 19.2 Å². The van der Waals surface area contributed by atoms with E-state index in [9.17, 15) is 4.79 Å². The molecule has 0 aromatic carbocycles. The third-order valence-electron chi connectivity index (χ3n) is 3.05. The Hall–Kier alpha value is -0.570. The van der Waals surface area contributed by atoms with Crippen LogP contribution in [0.5, 0.6) is 0 Å². The van der Waals surface area contributed by atoms with Gasteiger partial charge in [-0.25, -0.2) is 0 Å². The molecular formula is C10H17NO2. The molecule has 1 amide bonds. The molecule has 1 saturated heterocycles. The van der Waals surface area contributed by atoms with Crippen molar-refractivity contribution in [2.45, 2.75) is 45.3 Å². The van der Waals surface area contributed by atoms with Crippen LogP contribution in [0, 0.1) is 5.41 Å². The summed E-state index contributed by atoms with van der Waals surface area (Å²) in [7, 11) is 0. The fraction of sp³-hybridized carbons (Fsp3) is 0.900. The van der Waals surface area contributed by atoms with Gasteiger partial charge in [0, 0.05) is 12.6 Å². The molecule has 1 saturated carbocycles. The van der Waals surface area contributed by atoms with Crippen molar-refractivity contribution < 1.29 is 9.53 Å². The first-order valence-corrected chi connectivity index (χ1v) is 5.01. The first kappa shape index (κ1) is 9.00. The average molecular weight is 183 g/mol. The number of amides is 1. The van der Waals surface area contributed by atoms with Crippen molar-refractivity contribution in [2.24, 2.45) is 5.41 Å². The Bertz CT molecular complexity index is 219. The van der Waals surface area contributed by atoms with Crippen molar-refractivity contribution in [3.63, 3.8) is 0 Å². The molecule has 74 valence electrons. The number of ether oxygens (including phenoxy) is 1. The van der Waals surface area contributed by atoms with Crippen molar-refractivity contribution in [3.8, 4) is 0 Å². The number of carbonyl (C=O) groups is 1. The Balaban J connectivity index is 1.79. The van der Waals surface area contributed by atoms with Crippen LogP contribution in [0.25, 0.3) is 0 Å². The maximum absolute atomic E-state index is 11.5. The highest BCUT2D eigenvalue weighted by atomic mass is 16.5. The minimum absolute atomic E-state index is 0.0908. The van der Waals surface area contributed by atoms with E-state index in [-0.39, 0.29) is 12.0 Å². The van der Waals surface area contributed by atoms with Crippen LogP contribution >= 0.6 is 0 Å². The van der Waals surface area contributed by atoms with Gasteiger partial charge >= 0.3 is 0 Å². The normalized spacial score (nSPS) is 35.8. The molecular weight excluding hydrogens is 166 g/mol. The van der Waals surface area contributed by atoms with Gasteiger partial charge in [-0.05, 0) is 24.7 Å². The second-order valence-corrected chi connectivity index (χ2v) is 4.76. The van der Waals surface area contributed by atoms with E-state index < -0.39 is 0 Å². The van der Waals surface area contributed by atoms with E-state index in [0.29, 0.717) is 11.5 Å². The lowest BCUT2D eigenvalue weighted by atomic mass is 10.2. The van der Waals surface area contributed by atoms with Crippen molar-refractivity contribution in [3.05, 3.63) is 0 Å². The van der Waals surface area contributed by atoms with Gasteiger partial charge in [0.05, 0.1) is 0 Å². The summed E-state index contributed by atoms with van der Waals surface area (Å²) in [6.45, 7) is 5.09. The van der Waals surface area contributed by atoms with Crippen LogP contribution in [0.4, 0.5) is 0 Å². The molecule has 13 heavy (non-hydrogen) atoms. The molecule has 0 spiro atoms. The lowest BCUT2D eigenvalue weighted by Gasteiger charge is -2.11. The zero-order valence-electron chi connectivity index (χ0n) is 8.30. The quantitative estimate of drug-likeness (QED) is 0.695. The van der Waals surface area contributed by atoms with Gasteiger partial charge in [-0.1, -0.05) is 13.8 Å². The van der Waals surface area contributed by atoms with Gasteiger partial charge in [-0.2, -0.15) is 0 Å². The third kappa shape index (κ3) is 1.85. The lowest BCUT2D eigenvalue weighted by Crippen LogP contribution is -2.37. The smallest absolute Gasteiger partial charge is 0.249 e. The number of hydrogen-bond donors (Lipinski definition) is 1. The Morgan fingerprint density at radius 1 is 1.54 bits per heavy atom. The molecule has 2 atom stereocenters.